The minimum absolute atomic E-state index is 0.107. The van der Waals surface area contributed by atoms with Gasteiger partial charge < -0.3 is 10.1 Å². The Morgan fingerprint density at radius 3 is 2.69 bits per heavy atom. The predicted molar refractivity (Wildman–Crippen MR) is 98.1 cm³/mol. The number of nitro benzene ring substituents is 1. The number of halogens is 1. The van der Waals surface area contributed by atoms with Crippen molar-refractivity contribution in [3.8, 4) is 0 Å². The number of nitrogens with one attached hydrogen (secondary N) is 1. The van der Waals surface area contributed by atoms with E-state index in [-0.39, 0.29) is 16.4 Å². The molecule has 2 rings (SSSR count). The number of non-ortho nitro benzene ring substituents is 1. The summed E-state index contributed by atoms with van der Waals surface area (Å²) in [5.74, 6) is -0.439. The van der Waals surface area contributed by atoms with Gasteiger partial charge in [0.25, 0.3) is 11.6 Å². The van der Waals surface area contributed by atoms with Gasteiger partial charge in [-0.1, -0.05) is 43.7 Å². The minimum atomic E-state index is -1.01. The van der Waals surface area contributed by atoms with Gasteiger partial charge in [-0.05, 0) is 25.3 Å². The van der Waals surface area contributed by atoms with Gasteiger partial charge in [0.2, 0.25) is 0 Å². The molecule has 0 bridgehead atoms. The largest absolute Gasteiger partial charge is 0.453 e. The Hall–Kier alpha value is -2.15. The van der Waals surface area contributed by atoms with Crippen molar-refractivity contribution in [2.75, 3.05) is 5.32 Å². The number of nitrogens with zero attached hydrogens (tertiary/aromatic N) is 1. The van der Waals surface area contributed by atoms with Crippen LogP contribution in [0.4, 0.5) is 11.4 Å². The second-order valence-corrected chi connectivity index (χ2v) is 6.99. The lowest BCUT2D eigenvalue weighted by Crippen LogP contribution is -2.30. The third-order valence-corrected chi connectivity index (χ3v) is 4.91. The molecule has 1 saturated carbocycles. The number of nitro groups is 1. The lowest BCUT2D eigenvalue weighted by atomic mass is 9.86. The third kappa shape index (κ3) is 5.98. The summed E-state index contributed by atoms with van der Waals surface area (Å²) >= 11 is 5.95. The van der Waals surface area contributed by atoms with E-state index in [2.05, 4.69) is 5.32 Å². The number of esters is 1. The number of hydrogen-bond acceptors (Lipinski definition) is 5. The highest BCUT2D eigenvalue weighted by Crippen LogP contribution is 2.28. The van der Waals surface area contributed by atoms with E-state index in [0.717, 1.165) is 25.3 Å². The van der Waals surface area contributed by atoms with Crippen molar-refractivity contribution in [2.45, 2.75) is 58.0 Å². The zero-order chi connectivity index (χ0) is 19.1. The minimum Gasteiger partial charge on any atom is -0.453 e. The number of benzene rings is 1. The molecule has 1 aromatic rings. The molecule has 0 heterocycles. The fraction of sp³-hybridized carbons (Fsp3) is 0.556. The lowest BCUT2D eigenvalue weighted by molar-refractivity contribution is -0.384. The summed E-state index contributed by atoms with van der Waals surface area (Å²) < 4.78 is 5.17. The van der Waals surface area contributed by atoms with Crippen LogP contribution in [-0.2, 0) is 14.3 Å². The summed E-state index contributed by atoms with van der Waals surface area (Å²) in [6.45, 7) is 1.46. The topological polar surface area (TPSA) is 98.5 Å². The summed E-state index contributed by atoms with van der Waals surface area (Å²) in [5, 5.41) is 13.4. The third-order valence-electron chi connectivity index (χ3n) is 4.58. The average Bonchev–Trinajstić information content (AvgIpc) is 2.62. The summed E-state index contributed by atoms with van der Waals surface area (Å²) in [7, 11) is 0. The van der Waals surface area contributed by atoms with Gasteiger partial charge in [-0.2, -0.15) is 0 Å². The van der Waals surface area contributed by atoms with Gasteiger partial charge in [-0.15, -0.1) is 0 Å². The van der Waals surface area contributed by atoms with Crippen LogP contribution < -0.4 is 5.32 Å². The molecule has 0 saturated heterocycles. The molecule has 26 heavy (non-hydrogen) atoms. The summed E-state index contributed by atoms with van der Waals surface area (Å²) in [5.41, 5.74) is -0.0854. The highest BCUT2D eigenvalue weighted by Gasteiger charge is 2.21. The molecular weight excluding hydrogens is 360 g/mol. The molecule has 7 nitrogen and oxygen atoms in total. The SMILES string of the molecule is C[C@H](OC(=O)CCC1CCCCC1)C(=O)Nc1cc([N+](=O)[O-])ccc1Cl. The smallest absolute Gasteiger partial charge is 0.306 e. The normalized spacial score (nSPS) is 15.9. The molecule has 0 spiro atoms. The first-order valence-corrected chi connectivity index (χ1v) is 9.19. The van der Waals surface area contributed by atoms with Crippen molar-refractivity contribution in [3.63, 3.8) is 0 Å². The van der Waals surface area contributed by atoms with Gasteiger partial charge in [-0.3, -0.25) is 19.7 Å². The molecule has 1 aliphatic rings. The van der Waals surface area contributed by atoms with E-state index in [1.54, 1.807) is 0 Å². The van der Waals surface area contributed by atoms with E-state index in [1.807, 2.05) is 0 Å². The summed E-state index contributed by atoms with van der Waals surface area (Å²) in [6.07, 6.45) is 6.04. The molecule has 1 amide bonds. The van der Waals surface area contributed by atoms with Crippen LogP contribution in [0.25, 0.3) is 0 Å². The average molecular weight is 383 g/mol. The number of anilines is 1. The van der Waals surface area contributed by atoms with Crippen LogP contribution in [0.5, 0.6) is 0 Å². The molecule has 1 atom stereocenters. The van der Waals surface area contributed by atoms with Crippen LogP contribution in [0.1, 0.15) is 51.9 Å². The maximum atomic E-state index is 12.2. The first-order chi connectivity index (χ1) is 12.4. The molecule has 1 aliphatic carbocycles. The Kier molecular flexibility index (Phi) is 7.38. The van der Waals surface area contributed by atoms with Gasteiger partial charge in [0.15, 0.2) is 6.10 Å². The van der Waals surface area contributed by atoms with Gasteiger partial charge in [0.1, 0.15) is 0 Å². The molecular formula is C18H23ClN2O5. The van der Waals surface area contributed by atoms with E-state index in [0.29, 0.717) is 12.3 Å². The number of carbonyl (C=O) groups is 2. The lowest BCUT2D eigenvalue weighted by Gasteiger charge is -2.21. The van der Waals surface area contributed by atoms with Crippen LogP contribution >= 0.6 is 11.6 Å². The Bertz CT molecular complexity index is 674. The second-order valence-electron chi connectivity index (χ2n) is 6.59. The van der Waals surface area contributed by atoms with E-state index < -0.39 is 22.9 Å². The molecule has 0 unspecified atom stereocenters. The van der Waals surface area contributed by atoms with Crippen LogP contribution in [0, 0.1) is 16.0 Å². The maximum absolute atomic E-state index is 12.2. The van der Waals surface area contributed by atoms with Crippen molar-refractivity contribution in [1.29, 1.82) is 0 Å². The maximum Gasteiger partial charge on any atom is 0.306 e. The monoisotopic (exact) mass is 382 g/mol. The molecule has 0 radical (unpaired) electrons. The highest BCUT2D eigenvalue weighted by molar-refractivity contribution is 6.33. The molecule has 1 fully saturated rings. The van der Waals surface area contributed by atoms with Crippen molar-refractivity contribution in [1.82, 2.24) is 0 Å². The number of hydrogen-bond donors (Lipinski definition) is 1. The van der Waals surface area contributed by atoms with Gasteiger partial charge in [-0.25, -0.2) is 0 Å². The van der Waals surface area contributed by atoms with E-state index >= 15 is 0 Å². The quantitative estimate of drug-likeness (QED) is 0.426. The van der Waals surface area contributed by atoms with Crippen molar-refractivity contribution >= 4 is 34.9 Å². The van der Waals surface area contributed by atoms with Crippen LogP contribution in [-0.4, -0.2) is 22.9 Å². The van der Waals surface area contributed by atoms with Gasteiger partial charge in [0, 0.05) is 18.6 Å². The molecule has 142 valence electrons. The van der Waals surface area contributed by atoms with Crippen LogP contribution in [0.2, 0.25) is 5.02 Å². The van der Waals surface area contributed by atoms with Gasteiger partial charge >= 0.3 is 5.97 Å². The van der Waals surface area contributed by atoms with E-state index in [9.17, 15) is 19.7 Å². The highest BCUT2D eigenvalue weighted by atomic mass is 35.5. The molecule has 1 N–H and O–H groups in total. The zero-order valence-corrected chi connectivity index (χ0v) is 15.5. The molecule has 0 aliphatic heterocycles. The molecule has 0 aromatic heterocycles. The van der Waals surface area contributed by atoms with Crippen LogP contribution in [0.3, 0.4) is 0 Å². The number of rotatable bonds is 7. The first-order valence-electron chi connectivity index (χ1n) is 8.81. The van der Waals surface area contributed by atoms with Crippen molar-refractivity contribution < 1.29 is 19.2 Å². The van der Waals surface area contributed by atoms with Crippen molar-refractivity contribution in [3.05, 3.63) is 33.3 Å². The fourth-order valence-corrected chi connectivity index (χ4v) is 3.23. The first kappa shape index (κ1) is 20.2. The van der Waals surface area contributed by atoms with E-state index in [4.69, 9.17) is 16.3 Å². The Balaban J connectivity index is 1.84. The fourth-order valence-electron chi connectivity index (χ4n) is 3.06. The van der Waals surface area contributed by atoms with E-state index in [1.165, 1.54) is 38.3 Å². The Labute approximate surface area is 157 Å². The van der Waals surface area contributed by atoms with Gasteiger partial charge in [0.05, 0.1) is 15.6 Å². The number of ether oxygens (including phenoxy) is 1. The number of amides is 1. The Morgan fingerprint density at radius 2 is 2.04 bits per heavy atom. The second kappa shape index (κ2) is 9.52. The zero-order valence-electron chi connectivity index (χ0n) is 14.7. The summed E-state index contributed by atoms with van der Waals surface area (Å²) in [4.78, 5) is 34.3. The number of carbonyl (C=O) groups excluding carboxylic acids is 2. The summed E-state index contributed by atoms with van der Waals surface area (Å²) in [6, 6.07) is 3.74. The molecule has 1 aromatic carbocycles. The van der Waals surface area contributed by atoms with Crippen LogP contribution in [0.15, 0.2) is 18.2 Å². The standard InChI is InChI=1S/C18H23ClN2O5/c1-12(26-17(22)10-7-13-5-3-2-4-6-13)18(23)20-16-11-14(21(24)25)8-9-15(16)19/h8-9,11-13H,2-7,10H2,1H3,(H,20,23)/t12-/m0/s1. The Morgan fingerprint density at radius 1 is 1.35 bits per heavy atom. The molecule has 8 heteroatoms. The van der Waals surface area contributed by atoms with Crippen molar-refractivity contribution in [2.24, 2.45) is 5.92 Å². The predicted octanol–water partition coefficient (Wildman–Crippen LogP) is 4.48.